The molecule has 0 aromatic heterocycles. The lowest BCUT2D eigenvalue weighted by atomic mass is 10.1. The topological polar surface area (TPSA) is 3.24 Å². The summed E-state index contributed by atoms with van der Waals surface area (Å²) in [6, 6.07) is 0. The molecule has 1 aliphatic rings. The lowest BCUT2D eigenvalue weighted by Crippen LogP contribution is -2.26. The molecule has 0 spiro atoms. The SMILES string of the molecule is CSC(C)C1=CCN(C)CC1. The Kier molecular flexibility index (Phi) is 3.46. The molecule has 0 N–H and O–H groups in total. The average Bonchev–Trinajstić information content (AvgIpc) is 2.05. The normalized spacial score (nSPS) is 23.0. The van der Waals surface area contributed by atoms with Crippen LogP contribution in [0.1, 0.15) is 13.3 Å². The van der Waals surface area contributed by atoms with E-state index in [0.717, 1.165) is 11.8 Å². The third-order valence-corrected chi connectivity index (χ3v) is 3.33. The van der Waals surface area contributed by atoms with Crippen LogP contribution in [0.15, 0.2) is 11.6 Å². The predicted molar refractivity (Wildman–Crippen MR) is 53.2 cm³/mol. The molecule has 0 fully saturated rings. The number of nitrogens with zero attached hydrogens (tertiary/aromatic N) is 1. The fraction of sp³-hybridized carbons (Fsp3) is 0.778. The van der Waals surface area contributed by atoms with Gasteiger partial charge in [0.05, 0.1) is 0 Å². The minimum Gasteiger partial charge on any atom is -0.302 e. The zero-order chi connectivity index (χ0) is 8.27. The number of hydrogen-bond donors (Lipinski definition) is 0. The second-order valence-electron chi connectivity index (χ2n) is 3.17. The van der Waals surface area contributed by atoms with Gasteiger partial charge in [-0.15, -0.1) is 0 Å². The molecule has 0 bridgehead atoms. The molecule has 64 valence electrons. The Morgan fingerprint density at radius 2 is 2.36 bits per heavy atom. The van der Waals surface area contributed by atoms with Gasteiger partial charge in [-0.1, -0.05) is 11.6 Å². The van der Waals surface area contributed by atoms with Crippen LogP contribution in [0.3, 0.4) is 0 Å². The Balaban J connectivity index is 2.47. The van der Waals surface area contributed by atoms with Gasteiger partial charge >= 0.3 is 0 Å². The summed E-state index contributed by atoms with van der Waals surface area (Å²) in [4.78, 5) is 2.36. The maximum atomic E-state index is 2.38. The van der Waals surface area contributed by atoms with Crippen LogP contribution in [0.25, 0.3) is 0 Å². The van der Waals surface area contributed by atoms with Gasteiger partial charge in [-0.3, -0.25) is 0 Å². The summed E-state index contributed by atoms with van der Waals surface area (Å²) in [7, 11) is 2.18. The number of hydrogen-bond acceptors (Lipinski definition) is 2. The fourth-order valence-electron chi connectivity index (χ4n) is 1.31. The molecule has 0 aliphatic carbocycles. The molecular weight excluding hydrogens is 154 g/mol. The molecule has 2 heteroatoms. The minimum atomic E-state index is 0.726. The molecule has 1 atom stereocenters. The first-order valence-corrected chi connectivity index (χ1v) is 5.43. The second-order valence-corrected chi connectivity index (χ2v) is 4.35. The van der Waals surface area contributed by atoms with Crippen molar-refractivity contribution >= 4 is 11.8 Å². The van der Waals surface area contributed by atoms with Gasteiger partial charge in [-0.25, -0.2) is 0 Å². The third-order valence-electron chi connectivity index (χ3n) is 2.32. The first kappa shape index (κ1) is 9.14. The van der Waals surface area contributed by atoms with Crippen LogP contribution >= 0.6 is 11.8 Å². The van der Waals surface area contributed by atoms with E-state index in [1.807, 2.05) is 11.8 Å². The summed E-state index contributed by atoms with van der Waals surface area (Å²) in [5.41, 5.74) is 1.63. The van der Waals surface area contributed by atoms with Crippen molar-refractivity contribution in [3.05, 3.63) is 11.6 Å². The van der Waals surface area contributed by atoms with Crippen LogP contribution in [-0.4, -0.2) is 36.5 Å². The van der Waals surface area contributed by atoms with Gasteiger partial charge in [-0.05, 0) is 26.6 Å². The highest BCUT2D eigenvalue weighted by atomic mass is 32.2. The fourth-order valence-corrected chi connectivity index (χ4v) is 1.82. The van der Waals surface area contributed by atoms with Gasteiger partial charge in [0.1, 0.15) is 0 Å². The maximum Gasteiger partial charge on any atom is 0.0226 e. The first-order chi connectivity index (χ1) is 5.24. The lowest BCUT2D eigenvalue weighted by Gasteiger charge is -2.24. The molecular formula is C9H17NS. The van der Waals surface area contributed by atoms with E-state index in [1.165, 1.54) is 13.0 Å². The Hall–Kier alpha value is 0.0500. The van der Waals surface area contributed by atoms with Crippen molar-refractivity contribution in [2.75, 3.05) is 26.4 Å². The van der Waals surface area contributed by atoms with E-state index in [9.17, 15) is 0 Å². The van der Waals surface area contributed by atoms with Gasteiger partial charge in [0.15, 0.2) is 0 Å². The van der Waals surface area contributed by atoms with Crippen LogP contribution in [0.2, 0.25) is 0 Å². The summed E-state index contributed by atoms with van der Waals surface area (Å²) in [6.07, 6.45) is 5.83. The summed E-state index contributed by atoms with van der Waals surface area (Å²) in [5, 5.41) is 0.726. The van der Waals surface area contributed by atoms with E-state index in [0.29, 0.717) is 0 Å². The van der Waals surface area contributed by atoms with Crippen molar-refractivity contribution in [1.29, 1.82) is 0 Å². The Morgan fingerprint density at radius 3 is 2.82 bits per heavy atom. The molecule has 1 rings (SSSR count). The van der Waals surface area contributed by atoms with Crippen molar-refractivity contribution in [1.82, 2.24) is 4.90 Å². The van der Waals surface area contributed by atoms with Gasteiger partial charge in [0, 0.05) is 18.3 Å². The van der Waals surface area contributed by atoms with Crippen LogP contribution in [0.4, 0.5) is 0 Å². The zero-order valence-corrected chi connectivity index (χ0v) is 8.45. The minimum absolute atomic E-state index is 0.726. The molecule has 1 aliphatic heterocycles. The van der Waals surface area contributed by atoms with E-state index in [4.69, 9.17) is 0 Å². The van der Waals surface area contributed by atoms with Gasteiger partial charge in [0.2, 0.25) is 0 Å². The van der Waals surface area contributed by atoms with E-state index in [2.05, 4.69) is 31.2 Å². The zero-order valence-electron chi connectivity index (χ0n) is 7.63. The highest BCUT2D eigenvalue weighted by Crippen LogP contribution is 2.21. The molecule has 0 aromatic carbocycles. The summed E-state index contributed by atoms with van der Waals surface area (Å²) in [5.74, 6) is 0. The van der Waals surface area contributed by atoms with E-state index >= 15 is 0 Å². The van der Waals surface area contributed by atoms with Crippen LogP contribution in [-0.2, 0) is 0 Å². The summed E-state index contributed by atoms with van der Waals surface area (Å²) in [6.45, 7) is 4.67. The van der Waals surface area contributed by atoms with Gasteiger partial charge in [-0.2, -0.15) is 11.8 Å². The number of thioether (sulfide) groups is 1. The molecule has 0 radical (unpaired) electrons. The highest BCUT2D eigenvalue weighted by Gasteiger charge is 2.12. The molecule has 1 nitrogen and oxygen atoms in total. The van der Waals surface area contributed by atoms with Gasteiger partial charge < -0.3 is 4.90 Å². The van der Waals surface area contributed by atoms with E-state index in [-0.39, 0.29) is 0 Å². The molecule has 0 saturated heterocycles. The van der Waals surface area contributed by atoms with E-state index in [1.54, 1.807) is 5.57 Å². The highest BCUT2D eigenvalue weighted by molar-refractivity contribution is 7.99. The molecule has 11 heavy (non-hydrogen) atoms. The Bertz CT molecular complexity index is 154. The predicted octanol–water partition coefficient (Wildman–Crippen LogP) is 2.00. The van der Waals surface area contributed by atoms with Crippen molar-refractivity contribution in [3.63, 3.8) is 0 Å². The number of likely N-dealkylation sites (N-methyl/N-ethyl adjacent to an activating group) is 1. The van der Waals surface area contributed by atoms with E-state index < -0.39 is 0 Å². The largest absolute Gasteiger partial charge is 0.302 e. The molecule has 0 aromatic rings. The van der Waals surface area contributed by atoms with Crippen LogP contribution in [0.5, 0.6) is 0 Å². The monoisotopic (exact) mass is 171 g/mol. The number of rotatable bonds is 2. The maximum absolute atomic E-state index is 2.38. The summed E-state index contributed by atoms with van der Waals surface area (Å²) >= 11 is 1.95. The summed E-state index contributed by atoms with van der Waals surface area (Å²) < 4.78 is 0. The molecule has 0 saturated carbocycles. The first-order valence-electron chi connectivity index (χ1n) is 4.14. The Labute approximate surface area is 73.8 Å². The van der Waals surface area contributed by atoms with Crippen molar-refractivity contribution in [3.8, 4) is 0 Å². The molecule has 0 amide bonds. The second kappa shape index (κ2) is 4.17. The standard InChI is InChI=1S/C9H17NS/c1-8(11-3)9-4-6-10(2)7-5-9/h4,8H,5-7H2,1-3H3. The van der Waals surface area contributed by atoms with Crippen LogP contribution < -0.4 is 0 Å². The lowest BCUT2D eigenvalue weighted by molar-refractivity contribution is 0.357. The van der Waals surface area contributed by atoms with Crippen molar-refractivity contribution < 1.29 is 0 Å². The van der Waals surface area contributed by atoms with Crippen molar-refractivity contribution in [2.45, 2.75) is 18.6 Å². The smallest absolute Gasteiger partial charge is 0.0226 e. The Morgan fingerprint density at radius 1 is 1.64 bits per heavy atom. The third kappa shape index (κ3) is 2.53. The quantitative estimate of drug-likeness (QED) is 0.585. The average molecular weight is 171 g/mol. The molecule has 1 unspecified atom stereocenters. The van der Waals surface area contributed by atoms with Crippen LogP contribution in [0, 0.1) is 0 Å². The van der Waals surface area contributed by atoms with Gasteiger partial charge in [0.25, 0.3) is 0 Å². The van der Waals surface area contributed by atoms with Crippen molar-refractivity contribution in [2.24, 2.45) is 0 Å². The molecule has 1 heterocycles.